The van der Waals surface area contributed by atoms with Crippen molar-refractivity contribution in [3.63, 3.8) is 0 Å². The number of carbonyl (C=O) groups is 1. The molecule has 3 heterocycles. The fourth-order valence-electron chi connectivity index (χ4n) is 3.52. The predicted octanol–water partition coefficient (Wildman–Crippen LogP) is 1.81. The van der Waals surface area contributed by atoms with Gasteiger partial charge in [0.15, 0.2) is 0 Å². The number of fused-ring (bicyclic) bond motifs is 2. The van der Waals surface area contributed by atoms with E-state index in [0.29, 0.717) is 13.2 Å². The molecule has 0 radical (unpaired) electrons. The Kier molecular flexibility index (Phi) is 4.77. The number of rotatable bonds is 5. The third-order valence-corrected chi connectivity index (χ3v) is 4.44. The first-order chi connectivity index (χ1) is 10.8. The number of nitrogens with zero attached hydrogens (tertiary/aromatic N) is 2. The molecule has 0 spiro atoms. The maximum atomic E-state index is 12.3. The number of pyridine rings is 1. The molecule has 0 aliphatic carbocycles. The van der Waals surface area contributed by atoms with Crippen LogP contribution in [-0.4, -0.2) is 54.4 Å². The highest BCUT2D eigenvalue weighted by molar-refractivity contribution is 5.75. The molecule has 6 heteroatoms. The number of nitrogens with one attached hydrogen (secondary N) is 1. The summed E-state index contributed by atoms with van der Waals surface area (Å²) in [6.45, 7) is 1.10. The zero-order valence-corrected chi connectivity index (χ0v) is 12.9. The van der Waals surface area contributed by atoms with Crippen molar-refractivity contribution in [2.45, 2.75) is 43.9 Å². The monoisotopic (exact) mass is 305 g/mol. The summed E-state index contributed by atoms with van der Waals surface area (Å²) >= 11 is 0. The Morgan fingerprint density at radius 2 is 2.18 bits per heavy atom. The molecule has 2 bridgehead atoms. The topological polar surface area (TPSA) is 63.7 Å². The number of carbonyl (C=O) groups excluding carboxylic acids is 1. The zero-order valence-electron chi connectivity index (χ0n) is 12.9. The highest BCUT2D eigenvalue weighted by Gasteiger charge is 2.43. The van der Waals surface area contributed by atoms with E-state index in [1.54, 1.807) is 19.5 Å². The fourth-order valence-corrected chi connectivity index (χ4v) is 3.52. The van der Waals surface area contributed by atoms with Crippen LogP contribution in [-0.2, 0) is 4.74 Å². The summed E-state index contributed by atoms with van der Waals surface area (Å²) in [6, 6.07) is 4.40. The van der Waals surface area contributed by atoms with E-state index in [-0.39, 0.29) is 24.2 Å². The Morgan fingerprint density at radius 3 is 2.82 bits per heavy atom. The molecule has 2 aliphatic heterocycles. The molecular formula is C16H23N3O3. The molecule has 2 amide bonds. The Balaban J connectivity index is 1.56. The van der Waals surface area contributed by atoms with E-state index >= 15 is 0 Å². The Bertz CT molecular complexity index is 483. The van der Waals surface area contributed by atoms with Crippen LogP contribution >= 0.6 is 0 Å². The van der Waals surface area contributed by atoms with Crippen molar-refractivity contribution in [3.05, 3.63) is 24.5 Å². The van der Waals surface area contributed by atoms with Crippen LogP contribution in [0.5, 0.6) is 5.75 Å². The first-order valence-electron chi connectivity index (χ1n) is 7.89. The van der Waals surface area contributed by atoms with Gasteiger partial charge in [-0.05, 0) is 25.0 Å². The predicted molar refractivity (Wildman–Crippen MR) is 81.8 cm³/mol. The molecule has 6 nitrogen and oxygen atoms in total. The number of ether oxygens (including phenoxy) is 2. The maximum absolute atomic E-state index is 12.3. The average molecular weight is 305 g/mol. The van der Waals surface area contributed by atoms with E-state index in [2.05, 4.69) is 10.3 Å². The molecule has 3 rings (SSSR count). The molecule has 1 aromatic heterocycles. The van der Waals surface area contributed by atoms with E-state index < -0.39 is 0 Å². The number of methoxy groups -OCH3 is 1. The normalized spacial score (nSPS) is 26.8. The lowest BCUT2D eigenvalue weighted by Crippen LogP contribution is -2.53. The molecule has 0 saturated carbocycles. The standard InChI is InChI=1S/C16H23N3O3/c1-21-8-7-18-16(20)19-12-4-5-13(19)10-15(9-12)22-14-3-2-6-17-11-14/h2-3,6,11-13,15H,4-5,7-10H2,1H3,(H,18,20). The maximum Gasteiger partial charge on any atom is 0.317 e. The molecule has 2 unspecified atom stereocenters. The lowest BCUT2D eigenvalue weighted by atomic mass is 10.00. The van der Waals surface area contributed by atoms with Gasteiger partial charge in [-0.2, -0.15) is 0 Å². The van der Waals surface area contributed by atoms with Gasteiger partial charge in [0.2, 0.25) is 0 Å². The van der Waals surface area contributed by atoms with Crippen molar-refractivity contribution in [1.29, 1.82) is 0 Å². The highest BCUT2D eigenvalue weighted by Crippen LogP contribution is 2.37. The molecule has 2 atom stereocenters. The molecule has 1 aromatic rings. The zero-order chi connectivity index (χ0) is 15.4. The summed E-state index contributed by atoms with van der Waals surface area (Å²) in [5, 5.41) is 2.93. The molecule has 22 heavy (non-hydrogen) atoms. The molecule has 2 saturated heterocycles. The van der Waals surface area contributed by atoms with Crippen LogP contribution in [0.3, 0.4) is 0 Å². The lowest BCUT2D eigenvalue weighted by Gasteiger charge is -2.38. The molecular weight excluding hydrogens is 282 g/mol. The van der Waals surface area contributed by atoms with E-state index in [1.165, 1.54) is 0 Å². The van der Waals surface area contributed by atoms with Gasteiger partial charge in [-0.15, -0.1) is 0 Å². The minimum atomic E-state index is 0.0318. The summed E-state index contributed by atoms with van der Waals surface area (Å²) in [5.41, 5.74) is 0. The molecule has 2 fully saturated rings. The second-order valence-corrected chi connectivity index (χ2v) is 5.92. The van der Waals surface area contributed by atoms with Gasteiger partial charge in [0, 0.05) is 44.8 Å². The number of urea groups is 1. The molecule has 1 N–H and O–H groups in total. The highest BCUT2D eigenvalue weighted by atomic mass is 16.5. The number of aromatic nitrogens is 1. The SMILES string of the molecule is COCCNC(=O)N1C2CCC1CC(Oc1cccnc1)C2. The van der Waals surface area contributed by atoms with E-state index in [4.69, 9.17) is 9.47 Å². The van der Waals surface area contributed by atoms with Gasteiger partial charge in [0.1, 0.15) is 11.9 Å². The van der Waals surface area contributed by atoms with E-state index in [1.807, 2.05) is 17.0 Å². The number of amides is 2. The Labute approximate surface area is 130 Å². The third kappa shape index (κ3) is 3.32. The van der Waals surface area contributed by atoms with Gasteiger partial charge in [0.25, 0.3) is 0 Å². The van der Waals surface area contributed by atoms with Gasteiger partial charge >= 0.3 is 6.03 Å². The summed E-state index contributed by atoms with van der Waals surface area (Å²) < 4.78 is 11.0. The van der Waals surface area contributed by atoms with Crippen molar-refractivity contribution in [3.8, 4) is 5.75 Å². The van der Waals surface area contributed by atoms with Crippen LogP contribution in [0.25, 0.3) is 0 Å². The van der Waals surface area contributed by atoms with Gasteiger partial charge < -0.3 is 19.7 Å². The quantitative estimate of drug-likeness (QED) is 0.843. The van der Waals surface area contributed by atoms with Crippen molar-refractivity contribution < 1.29 is 14.3 Å². The van der Waals surface area contributed by atoms with Gasteiger partial charge in [-0.25, -0.2) is 4.79 Å². The molecule has 0 aromatic carbocycles. The molecule has 2 aliphatic rings. The van der Waals surface area contributed by atoms with Crippen molar-refractivity contribution >= 4 is 6.03 Å². The largest absolute Gasteiger partial charge is 0.489 e. The van der Waals surface area contributed by atoms with Crippen LogP contribution in [0.1, 0.15) is 25.7 Å². The minimum Gasteiger partial charge on any atom is -0.489 e. The smallest absolute Gasteiger partial charge is 0.317 e. The molecule has 120 valence electrons. The van der Waals surface area contributed by atoms with Crippen LogP contribution in [0, 0.1) is 0 Å². The van der Waals surface area contributed by atoms with E-state index in [0.717, 1.165) is 31.4 Å². The Morgan fingerprint density at radius 1 is 1.41 bits per heavy atom. The van der Waals surface area contributed by atoms with Crippen molar-refractivity contribution in [1.82, 2.24) is 15.2 Å². The summed E-state index contributed by atoms with van der Waals surface area (Å²) in [7, 11) is 1.64. The van der Waals surface area contributed by atoms with Crippen molar-refractivity contribution in [2.75, 3.05) is 20.3 Å². The number of piperidine rings is 1. The third-order valence-electron chi connectivity index (χ3n) is 4.44. The van der Waals surface area contributed by atoms with Gasteiger partial charge in [-0.3, -0.25) is 4.98 Å². The summed E-state index contributed by atoms with van der Waals surface area (Å²) in [6.07, 6.45) is 7.57. The lowest BCUT2D eigenvalue weighted by molar-refractivity contribution is 0.0678. The second-order valence-electron chi connectivity index (χ2n) is 5.92. The first-order valence-corrected chi connectivity index (χ1v) is 7.89. The second kappa shape index (κ2) is 6.96. The minimum absolute atomic E-state index is 0.0318. The average Bonchev–Trinajstić information content (AvgIpc) is 2.80. The van der Waals surface area contributed by atoms with Crippen LogP contribution in [0.15, 0.2) is 24.5 Å². The summed E-state index contributed by atoms with van der Waals surface area (Å²) in [4.78, 5) is 18.4. The number of hydrogen-bond donors (Lipinski definition) is 1. The van der Waals surface area contributed by atoms with Crippen molar-refractivity contribution in [2.24, 2.45) is 0 Å². The van der Waals surface area contributed by atoms with Crippen LogP contribution in [0.2, 0.25) is 0 Å². The van der Waals surface area contributed by atoms with Crippen LogP contribution < -0.4 is 10.1 Å². The van der Waals surface area contributed by atoms with E-state index in [9.17, 15) is 4.79 Å². The van der Waals surface area contributed by atoms with Crippen LogP contribution in [0.4, 0.5) is 4.79 Å². The summed E-state index contributed by atoms with van der Waals surface area (Å²) in [5.74, 6) is 0.810. The first kappa shape index (κ1) is 15.1. The van der Waals surface area contributed by atoms with Gasteiger partial charge in [0.05, 0.1) is 12.8 Å². The Hall–Kier alpha value is -1.82. The number of hydrogen-bond acceptors (Lipinski definition) is 4. The fraction of sp³-hybridized carbons (Fsp3) is 0.625. The van der Waals surface area contributed by atoms with Gasteiger partial charge in [-0.1, -0.05) is 0 Å².